The summed E-state index contributed by atoms with van der Waals surface area (Å²) in [7, 11) is 0. The SMILES string of the molecule is CC[Te+]1CCCC1. The summed E-state index contributed by atoms with van der Waals surface area (Å²) < 4.78 is 4.95. The Hall–Kier alpha value is 0.790. The summed E-state index contributed by atoms with van der Waals surface area (Å²) in [6, 6.07) is 0. The van der Waals surface area contributed by atoms with Crippen LogP contribution in [0, 0.1) is 0 Å². The molecule has 1 aliphatic rings. The van der Waals surface area contributed by atoms with Crippen LogP contribution in [0.3, 0.4) is 0 Å². The molecule has 7 heavy (non-hydrogen) atoms. The third-order valence-electron chi connectivity index (χ3n) is 1.52. The predicted molar refractivity (Wildman–Crippen MR) is 35.1 cm³/mol. The predicted octanol–water partition coefficient (Wildman–Crippen LogP) is 2.29. The molecule has 0 unspecified atom stereocenters. The molecule has 0 nitrogen and oxygen atoms in total. The van der Waals surface area contributed by atoms with E-state index in [-0.39, 0.29) is 19.6 Å². The molecule has 0 aromatic rings. The van der Waals surface area contributed by atoms with Gasteiger partial charge in [-0.05, 0) is 0 Å². The molecule has 1 saturated heterocycles. The molecule has 1 rings (SSSR count). The molecular formula is C6H13Te+. The van der Waals surface area contributed by atoms with E-state index in [0.717, 1.165) is 0 Å². The fourth-order valence-electron chi connectivity index (χ4n) is 1.00. The van der Waals surface area contributed by atoms with Crippen molar-refractivity contribution in [3.05, 3.63) is 0 Å². The fourth-order valence-corrected chi connectivity index (χ4v) is 6.73. The Bertz CT molecular complexity index is 46.1. The molecule has 0 aromatic heterocycles. The van der Waals surface area contributed by atoms with E-state index in [2.05, 4.69) is 6.92 Å². The van der Waals surface area contributed by atoms with E-state index < -0.39 is 0 Å². The van der Waals surface area contributed by atoms with Crippen LogP contribution in [-0.2, 0) is 0 Å². The Kier molecular flexibility index (Phi) is 2.49. The van der Waals surface area contributed by atoms with Gasteiger partial charge in [-0.2, -0.15) is 0 Å². The van der Waals surface area contributed by atoms with Gasteiger partial charge in [-0.3, -0.25) is 0 Å². The first-order valence-electron chi connectivity index (χ1n) is 3.07. The molecule has 0 amide bonds. The Morgan fingerprint density at radius 2 is 1.86 bits per heavy atom. The van der Waals surface area contributed by atoms with Crippen molar-refractivity contribution in [2.75, 3.05) is 0 Å². The minimum absolute atomic E-state index is 0.319. The number of hydrogen-bond donors (Lipinski definition) is 0. The van der Waals surface area contributed by atoms with E-state index in [1.807, 2.05) is 0 Å². The van der Waals surface area contributed by atoms with Gasteiger partial charge in [0.05, 0.1) is 0 Å². The average Bonchev–Trinajstić information content (AvgIpc) is 2.14. The van der Waals surface area contributed by atoms with E-state index in [1.54, 1.807) is 26.2 Å². The molecule has 42 valence electrons. The third-order valence-corrected chi connectivity index (χ3v) is 8.80. The van der Waals surface area contributed by atoms with Crippen LogP contribution in [0.2, 0.25) is 13.4 Å². The molecule has 0 spiro atoms. The monoisotopic (exact) mass is 215 g/mol. The standard InChI is InChI=1S/C6H13Te/c1-2-7-5-3-4-6-7/h2-6H2,1H3/q+1. The van der Waals surface area contributed by atoms with Gasteiger partial charge in [-0.25, -0.2) is 0 Å². The summed E-state index contributed by atoms with van der Waals surface area (Å²) >= 11 is -0.319. The average molecular weight is 213 g/mol. The van der Waals surface area contributed by atoms with Gasteiger partial charge in [-0.15, -0.1) is 0 Å². The summed E-state index contributed by atoms with van der Waals surface area (Å²) in [6.07, 6.45) is 3.15. The summed E-state index contributed by atoms with van der Waals surface area (Å²) in [5, 5.41) is 0. The number of rotatable bonds is 1. The second kappa shape index (κ2) is 2.95. The zero-order valence-electron chi connectivity index (χ0n) is 4.94. The van der Waals surface area contributed by atoms with Crippen molar-refractivity contribution in [2.24, 2.45) is 0 Å². The quantitative estimate of drug-likeness (QED) is 0.586. The molecule has 0 bridgehead atoms. The third kappa shape index (κ3) is 1.63. The van der Waals surface area contributed by atoms with Crippen LogP contribution in [-0.4, -0.2) is 19.6 Å². The van der Waals surface area contributed by atoms with E-state index in [4.69, 9.17) is 0 Å². The molecule has 0 saturated carbocycles. The second-order valence-electron chi connectivity index (χ2n) is 2.02. The van der Waals surface area contributed by atoms with Gasteiger partial charge in [0.1, 0.15) is 0 Å². The van der Waals surface area contributed by atoms with Crippen molar-refractivity contribution in [1.29, 1.82) is 0 Å². The summed E-state index contributed by atoms with van der Waals surface area (Å²) in [5.41, 5.74) is 0. The first-order valence-corrected chi connectivity index (χ1v) is 8.02. The van der Waals surface area contributed by atoms with Crippen LogP contribution in [0.15, 0.2) is 0 Å². The van der Waals surface area contributed by atoms with Crippen molar-refractivity contribution in [3.8, 4) is 0 Å². The first-order chi connectivity index (χ1) is 3.43. The van der Waals surface area contributed by atoms with Gasteiger partial charge in [0, 0.05) is 0 Å². The van der Waals surface area contributed by atoms with Crippen molar-refractivity contribution in [3.63, 3.8) is 0 Å². The molecule has 0 aromatic carbocycles. The summed E-state index contributed by atoms with van der Waals surface area (Å²) in [6.45, 7) is 2.38. The molecular weight excluding hydrogens is 200 g/mol. The van der Waals surface area contributed by atoms with Crippen LogP contribution in [0.1, 0.15) is 19.8 Å². The Labute approximate surface area is 52.9 Å². The number of hydrogen-bond acceptors (Lipinski definition) is 0. The molecule has 1 heteroatoms. The normalized spacial score (nSPS) is 23.6. The van der Waals surface area contributed by atoms with Crippen LogP contribution in [0.25, 0.3) is 0 Å². The van der Waals surface area contributed by atoms with Crippen LogP contribution >= 0.6 is 0 Å². The van der Waals surface area contributed by atoms with E-state index in [1.165, 1.54) is 0 Å². The van der Waals surface area contributed by atoms with Gasteiger partial charge in [0.15, 0.2) is 0 Å². The van der Waals surface area contributed by atoms with Crippen molar-refractivity contribution in [2.45, 2.75) is 33.2 Å². The Morgan fingerprint density at radius 1 is 1.29 bits per heavy atom. The van der Waals surface area contributed by atoms with Crippen LogP contribution in [0.4, 0.5) is 0 Å². The molecule has 0 radical (unpaired) electrons. The van der Waals surface area contributed by atoms with Crippen molar-refractivity contribution < 1.29 is 0 Å². The van der Waals surface area contributed by atoms with E-state index >= 15 is 0 Å². The van der Waals surface area contributed by atoms with Gasteiger partial charge in [0.25, 0.3) is 0 Å². The maximum atomic E-state index is 2.38. The van der Waals surface area contributed by atoms with E-state index in [9.17, 15) is 0 Å². The Morgan fingerprint density at radius 3 is 2.14 bits per heavy atom. The molecule has 1 aliphatic heterocycles. The zero-order chi connectivity index (χ0) is 5.11. The van der Waals surface area contributed by atoms with Gasteiger partial charge in [0.2, 0.25) is 0 Å². The van der Waals surface area contributed by atoms with Gasteiger partial charge in [-0.1, -0.05) is 0 Å². The fraction of sp³-hybridized carbons (Fsp3) is 1.00. The molecule has 0 N–H and O–H groups in total. The van der Waals surface area contributed by atoms with Crippen molar-refractivity contribution >= 4 is 19.6 Å². The molecule has 1 fully saturated rings. The maximum absolute atomic E-state index is 2.38. The molecule has 0 aliphatic carbocycles. The van der Waals surface area contributed by atoms with Gasteiger partial charge < -0.3 is 0 Å². The zero-order valence-corrected chi connectivity index (χ0v) is 7.27. The summed E-state index contributed by atoms with van der Waals surface area (Å²) in [4.78, 5) is 0. The molecule has 0 atom stereocenters. The molecule has 1 heterocycles. The Balaban J connectivity index is 2.14. The van der Waals surface area contributed by atoms with E-state index in [0.29, 0.717) is 0 Å². The van der Waals surface area contributed by atoms with Crippen molar-refractivity contribution in [1.82, 2.24) is 0 Å². The minimum atomic E-state index is -0.319. The van der Waals surface area contributed by atoms with Crippen LogP contribution < -0.4 is 0 Å². The topological polar surface area (TPSA) is 0 Å². The van der Waals surface area contributed by atoms with Gasteiger partial charge >= 0.3 is 52.7 Å². The first kappa shape index (κ1) is 5.92. The summed E-state index contributed by atoms with van der Waals surface area (Å²) in [5.74, 6) is 0. The van der Waals surface area contributed by atoms with Crippen LogP contribution in [0.5, 0.6) is 0 Å². The second-order valence-corrected chi connectivity index (χ2v) is 9.49.